The maximum atomic E-state index is 12.5. The lowest BCUT2D eigenvalue weighted by Gasteiger charge is -2.32. The highest BCUT2D eigenvalue weighted by Crippen LogP contribution is 2.36. The van der Waals surface area contributed by atoms with Crippen LogP contribution in [0.15, 0.2) is 18.2 Å². The van der Waals surface area contributed by atoms with Crippen molar-refractivity contribution >= 4 is 18.7 Å². The van der Waals surface area contributed by atoms with Crippen LogP contribution in [0.3, 0.4) is 0 Å². The number of carbonyl (C=O) groups is 1. The molecule has 0 bridgehead atoms. The van der Waals surface area contributed by atoms with Crippen LogP contribution >= 0.6 is 0 Å². The Morgan fingerprint density at radius 1 is 1.26 bits per heavy atom. The number of ether oxygens (including phenoxy) is 2. The van der Waals surface area contributed by atoms with Gasteiger partial charge in [-0.05, 0) is 78.9 Å². The Labute approximate surface area is 185 Å². The average Bonchev–Trinajstić information content (AvgIpc) is 3.20. The van der Waals surface area contributed by atoms with Gasteiger partial charge >= 0.3 is 13.2 Å². The molecule has 0 N–H and O–H groups in total. The number of nitrogens with zero attached hydrogens (tertiary/aromatic N) is 2. The Balaban J connectivity index is 1.68. The average molecular weight is 428 g/mol. The molecule has 2 fully saturated rings. The van der Waals surface area contributed by atoms with E-state index in [1.165, 1.54) is 0 Å². The van der Waals surface area contributed by atoms with Gasteiger partial charge in [-0.25, -0.2) is 4.79 Å². The fourth-order valence-electron chi connectivity index (χ4n) is 3.64. The third kappa shape index (κ3) is 5.16. The SMILES string of the molecule is CC(C)(C)OC(=O)N1CCC[C@H]1COc1ccc(B2OC(C)(C)C(C)(C)O2)cc1C#N. The van der Waals surface area contributed by atoms with Gasteiger partial charge in [0.15, 0.2) is 0 Å². The standard InChI is InChI=1S/C23H33BN2O5/c1-21(2,3)29-20(27)26-12-8-9-18(26)15-28-19-11-10-17(13-16(19)14-25)24-30-22(4,5)23(6,7)31-24/h10-11,13,18H,8-9,12,15H2,1-7H3/t18-/m0/s1. The number of carbonyl (C=O) groups excluding carboxylic acids is 1. The first kappa shape index (κ1) is 23.4. The molecule has 31 heavy (non-hydrogen) atoms. The van der Waals surface area contributed by atoms with E-state index in [2.05, 4.69) is 6.07 Å². The molecule has 8 heteroatoms. The highest BCUT2D eigenvalue weighted by molar-refractivity contribution is 6.62. The Hall–Kier alpha value is -2.24. The number of benzene rings is 1. The van der Waals surface area contributed by atoms with E-state index in [1.807, 2.05) is 54.5 Å². The van der Waals surface area contributed by atoms with Crippen LogP contribution in [0.5, 0.6) is 5.75 Å². The highest BCUT2D eigenvalue weighted by atomic mass is 16.7. The molecule has 2 saturated heterocycles. The fourth-order valence-corrected chi connectivity index (χ4v) is 3.64. The molecule has 3 rings (SSSR count). The minimum Gasteiger partial charge on any atom is -0.490 e. The van der Waals surface area contributed by atoms with Crippen molar-refractivity contribution in [2.45, 2.75) is 84.2 Å². The van der Waals surface area contributed by atoms with Crippen LogP contribution in [0.4, 0.5) is 4.79 Å². The summed E-state index contributed by atoms with van der Waals surface area (Å²) in [5, 5.41) is 9.65. The summed E-state index contributed by atoms with van der Waals surface area (Å²) < 4.78 is 23.6. The van der Waals surface area contributed by atoms with Crippen molar-refractivity contribution in [1.82, 2.24) is 4.90 Å². The van der Waals surface area contributed by atoms with Gasteiger partial charge < -0.3 is 23.7 Å². The van der Waals surface area contributed by atoms with Gasteiger partial charge in [-0.2, -0.15) is 5.26 Å². The molecule has 7 nitrogen and oxygen atoms in total. The molecule has 168 valence electrons. The second-order valence-corrected chi connectivity index (χ2v) is 10.2. The second kappa shape index (κ2) is 8.36. The Morgan fingerprint density at radius 3 is 2.48 bits per heavy atom. The first-order valence-corrected chi connectivity index (χ1v) is 10.8. The van der Waals surface area contributed by atoms with Gasteiger partial charge in [-0.15, -0.1) is 0 Å². The van der Waals surface area contributed by atoms with E-state index in [4.69, 9.17) is 18.8 Å². The minimum absolute atomic E-state index is 0.0795. The van der Waals surface area contributed by atoms with Crippen LogP contribution in [-0.2, 0) is 14.0 Å². The topological polar surface area (TPSA) is 81.0 Å². The number of hydrogen-bond acceptors (Lipinski definition) is 6. The third-order valence-corrected chi connectivity index (χ3v) is 6.09. The van der Waals surface area contributed by atoms with Crippen molar-refractivity contribution in [2.75, 3.05) is 13.2 Å². The van der Waals surface area contributed by atoms with Crippen LogP contribution in [0.1, 0.15) is 66.9 Å². The maximum Gasteiger partial charge on any atom is 0.494 e. The zero-order valence-electron chi connectivity index (χ0n) is 19.7. The maximum absolute atomic E-state index is 12.5. The summed E-state index contributed by atoms with van der Waals surface area (Å²) in [7, 11) is -0.538. The predicted molar refractivity (Wildman–Crippen MR) is 118 cm³/mol. The normalized spacial score (nSPS) is 22.3. The Bertz CT molecular complexity index is 856. The van der Waals surface area contributed by atoms with Crippen LogP contribution in [0, 0.1) is 11.3 Å². The van der Waals surface area contributed by atoms with Crippen molar-refractivity contribution in [2.24, 2.45) is 0 Å². The van der Waals surface area contributed by atoms with Crippen LogP contribution in [0.25, 0.3) is 0 Å². The summed E-state index contributed by atoms with van der Waals surface area (Å²) in [6, 6.07) is 7.50. The molecule has 0 spiro atoms. The molecule has 0 radical (unpaired) electrons. The molecule has 0 saturated carbocycles. The highest BCUT2D eigenvalue weighted by Gasteiger charge is 2.51. The summed E-state index contributed by atoms with van der Waals surface area (Å²) in [5.41, 5.74) is -0.254. The van der Waals surface area contributed by atoms with Crippen LogP contribution in [0.2, 0.25) is 0 Å². The van der Waals surface area contributed by atoms with E-state index in [0.717, 1.165) is 18.3 Å². The summed E-state index contributed by atoms with van der Waals surface area (Å²) in [5.74, 6) is 0.485. The van der Waals surface area contributed by atoms with E-state index < -0.39 is 23.9 Å². The Morgan fingerprint density at radius 2 is 1.90 bits per heavy atom. The number of rotatable bonds is 4. The van der Waals surface area contributed by atoms with E-state index in [9.17, 15) is 10.1 Å². The lowest BCUT2D eigenvalue weighted by atomic mass is 9.78. The fraction of sp³-hybridized carbons (Fsp3) is 0.652. The van der Waals surface area contributed by atoms with Crippen molar-refractivity contribution < 1.29 is 23.6 Å². The summed E-state index contributed by atoms with van der Waals surface area (Å²) in [6.45, 7) is 14.5. The van der Waals surface area contributed by atoms with Gasteiger partial charge in [0.05, 0.1) is 22.8 Å². The predicted octanol–water partition coefficient (Wildman–Crippen LogP) is 3.64. The first-order valence-electron chi connectivity index (χ1n) is 10.8. The van der Waals surface area contributed by atoms with Gasteiger partial charge in [0.2, 0.25) is 0 Å². The van der Waals surface area contributed by atoms with Gasteiger partial charge in [-0.1, -0.05) is 6.07 Å². The van der Waals surface area contributed by atoms with E-state index in [-0.39, 0.29) is 12.1 Å². The number of hydrogen-bond donors (Lipinski definition) is 0. The van der Waals surface area contributed by atoms with Gasteiger partial charge in [0, 0.05) is 6.54 Å². The molecule has 2 aliphatic rings. The number of nitriles is 1. The van der Waals surface area contributed by atoms with Crippen molar-refractivity contribution in [3.63, 3.8) is 0 Å². The Kier molecular flexibility index (Phi) is 6.32. The number of amides is 1. The first-order chi connectivity index (χ1) is 14.3. The van der Waals surface area contributed by atoms with E-state index in [1.54, 1.807) is 17.0 Å². The molecule has 0 aliphatic carbocycles. The summed E-state index contributed by atoms with van der Waals surface area (Å²) in [6.07, 6.45) is 1.42. The lowest BCUT2D eigenvalue weighted by molar-refractivity contribution is 0.00578. The van der Waals surface area contributed by atoms with Gasteiger partial charge in [-0.3, -0.25) is 0 Å². The molecule has 1 atom stereocenters. The zero-order chi connectivity index (χ0) is 23.0. The summed E-state index contributed by atoms with van der Waals surface area (Å²) in [4.78, 5) is 14.2. The smallest absolute Gasteiger partial charge is 0.490 e. The van der Waals surface area contributed by atoms with Crippen LogP contribution in [-0.4, -0.2) is 54.1 Å². The molecule has 1 amide bonds. The molecule has 0 aromatic heterocycles. The quantitative estimate of drug-likeness (QED) is 0.682. The monoisotopic (exact) mass is 428 g/mol. The molecule has 1 aromatic carbocycles. The second-order valence-electron chi connectivity index (χ2n) is 10.2. The molecule has 2 aliphatic heterocycles. The van der Waals surface area contributed by atoms with E-state index >= 15 is 0 Å². The largest absolute Gasteiger partial charge is 0.494 e. The number of likely N-dealkylation sites (tertiary alicyclic amines) is 1. The lowest BCUT2D eigenvalue weighted by Crippen LogP contribution is -2.42. The molecular weight excluding hydrogens is 395 g/mol. The van der Waals surface area contributed by atoms with Crippen molar-refractivity contribution in [3.8, 4) is 11.8 Å². The molecule has 2 heterocycles. The third-order valence-electron chi connectivity index (χ3n) is 6.09. The molecule has 1 aromatic rings. The zero-order valence-corrected chi connectivity index (χ0v) is 19.7. The molecule has 0 unspecified atom stereocenters. The minimum atomic E-state index is -0.539. The summed E-state index contributed by atoms with van der Waals surface area (Å²) >= 11 is 0. The van der Waals surface area contributed by atoms with Crippen molar-refractivity contribution in [1.29, 1.82) is 5.26 Å². The van der Waals surface area contributed by atoms with Crippen molar-refractivity contribution in [3.05, 3.63) is 23.8 Å². The molecular formula is C23H33BN2O5. The van der Waals surface area contributed by atoms with Gasteiger partial charge in [0.1, 0.15) is 24.0 Å². The van der Waals surface area contributed by atoms with Crippen LogP contribution < -0.4 is 10.2 Å². The van der Waals surface area contributed by atoms with Gasteiger partial charge in [0.25, 0.3) is 0 Å². The van der Waals surface area contributed by atoms with E-state index in [0.29, 0.717) is 24.5 Å².